The molecule has 0 aliphatic heterocycles. The van der Waals surface area contributed by atoms with E-state index < -0.39 is 0 Å². The minimum atomic E-state index is -0.273. The van der Waals surface area contributed by atoms with Gasteiger partial charge in [0.25, 0.3) is 0 Å². The summed E-state index contributed by atoms with van der Waals surface area (Å²) >= 11 is 1.51. The number of carbonyl (C=O) groups excluding carboxylic acids is 1. The average molecular weight is 339 g/mol. The van der Waals surface area contributed by atoms with Gasteiger partial charge in [-0.3, -0.25) is 0 Å². The first kappa shape index (κ1) is 17.6. The molecule has 4 N–H and O–H groups in total. The molecule has 5 nitrogen and oxygen atoms in total. The van der Waals surface area contributed by atoms with Crippen molar-refractivity contribution in [3.8, 4) is 0 Å². The van der Waals surface area contributed by atoms with Crippen molar-refractivity contribution in [2.24, 2.45) is 0 Å². The summed E-state index contributed by atoms with van der Waals surface area (Å²) in [7, 11) is 0. The van der Waals surface area contributed by atoms with Crippen LogP contribution in [0.5, 0.6) is 0 Å². The number of thioether (sulfide) groups is 1. The van der Waals surface area contributed by atoms with Crippen LogP contribution in [0.1, 0.15) is 12.5 Å². The smallest absolute Gasteiger partial charge is 0.315 e. The van der Waals surface area contributed by atoms with Gasteiger partial charge in [0.2, 0.25) is 0 Å². The molecule has 0 saturated carbocycles. The van der Waals surface area contributed by atoms with Gasteiger partial charge in [-0.05, 0) is 43.4 Å². The third kappa shape index (κ3) is 4.62. The van der Waals surface area contributed by atoms with Crippen molar-refractivity contribution < 1.29 is 14.3 Å². The Bertz CT molecular complexity index is 658. The van der Waals surface area contributed by atoms with Crippen molar-refractivity contribution in [3.05, 3.63) is 35.8 Å². The van der Waals surface area contributed by atoms with Crippen LogP contribution in [-0.4, -0.2) is 46.8 Å². The zero-order valence-corrected chi connectivity index (χ0v) is 14.0. The van der Waals surface area contributed by atoms with Gasteiger partial charge < -0.3 is 20.7 Å². The summed E-state index contributed by atoms with van der Waals surface area (Å²) in [6, 6.07) is 4.22. The van der Waals surface area contributed by atoms with Gasteiger partial charge >= 0.3 is 6.03 Å². The molecule has 0 aliphatic carbocycles. The van der Waals surface area contributed by atoms with Crippen LogP contribution in [-0.2, 0) is 6.42 Å². The van der Waals surface area contributed by atoms with E-state index >= 15 is 0 Å². The third-order valence-corrected chi connectivity index (χ3v) is 4.97. The van der Waals surface area contributed by atoms with Crippen LogP contribution in [0.2, 0.25) is 0 Å². The zero-order chi connectivity index (χ0) is 16.8. The number of hydrogen-bond acceptors (Lipinski definition) is 3. The second-order valence-electron chi connectivity index (χ2n) is 5.40. The lowest BCUT2D eigenvalue weighted by Gasteiger charge is -2.21. The Morgan fingerprint density at radius 3 is 2.96 bits per heavy atom. The molecule has 0 radical (unpaired) electrons. The number of H-pyrrole nitrogens is 1. The Morgan fingerprint density at radius 2 is 2.26 bits per heavy atom. The van der Waals surface area contributed by atoms with Crippen molar-refractivity contribution in [2.45, 2.75) is 24.6 Å². The summed E-state index contributed by atoms with van der Waals surface area (Å²) < 4.78 is 13.3. The van der Waals surface area contributed by atoms with Gasteiger partial charge in [-0.2, -0.15) is 11.8 Å². The fourth-order valence-electron chi connectivity index (χ4n) is 2.46. The highest BCUT2D eigenvalue weighted by Gasteiger charge is 2.17. The minimum absolute atomic E-state index is 0.0174. The minimum Gasteiger partial charge on any atom is -0.395 e. The van der Waals surface area contributed by atoms with Gasteiger partial charge in [0.15, 0.2) is 0 Å². The summed E-state index contributed by atoms with van der Waals surface area (Å²) in [5.41, 5.74) is 1.84. The largest absolute Gasteiger partial charge is 0.395 e. The molecule has 2 rings (SSSR count). The van der Waals surface area contributed by atoms with Gasteiger partial charge in [0.05, 0.1) is 6.61 Å². The number of carbonyl (C=O) groups is 1. The quantitative estimate of drug-likeness (QED) is 0.625. The molecule has 2 amide bonds. The van der Waals surface area contributed by atoms with E-state index in [4.69, 9.17) is 0 Å². The standard InChI is InChI=1S/C16H22FN3O2S/c1-10(15(9-21)23-2)20-16(22)18-6-5-11-8-19-14-4-3-12(17)7-13(11)14/h3-4,7-8,10,15,19,21H,5-6,9H2,1-2H3,(H2,18,20,22). The van der Waals surface area contributed by atoms with Gasteiger partial charge in [-0.15, -0.1) is 0 Å². The van der Waals surface area contributed by atoms with Crippen molar-refractivity contribution in [3.63, 3.8) is 0 Å². The summed E-state index contributed by atoms with van der Waals surface area (Å²) in [6.07, 6.45) is 4.34. The molecule has 0 spiro atoms. The number of benzene rings is 1. The highest BCUT2D eigenvalue weighted by Crippen LogP contribution is 2.19. The van der Waals surface area contributed by atoms with Crippen LogP contribution in [0.3, 0.4) is 0 Å². The van der Waals surface area contributed by atoms with Crippen LogP contribution in [0.25, 0.3) is 10.9 Å². The predicted octanol–water partition coefficient (Wildman–Crippen LogP) is 2.26. The number of urea groups is 1. The number of amides is 2. The van der Waals surface area contributed by atoms with E-state index in [-0.39, 0.29) is 29.7 Å². The van der Waals surface area contributed by atoms with Crippen LogP contribution < -0.4 is 10.6 Å². The first-order valence-corrected chi connectivity index (χ1v) is 8.77. The third-order valence-electron chi connectivity index (χ3n) is 3.81. The van der Waals surface area contributed by atoms with Crippen LogP contribution in [0.15, 0.2) is 24.4 Å². The van der Waals surface area contributed by atoms with E-state index in [2.05, 4.69) is 15.6 Å². The molecular weight excluding hydrogens is 317 g/mol. The topological polar surface area (TPSA) is 77.2 Å². The molecule has 0 fully saturated rings. The number of halogens is 1. The lowest BCUT2D eigenvalue weighted by molar-refractivity contribution is 0.232. The lowest BCUT2D eigenvalue weighted by Crippen LogP contribution is -2.46. The molecule has 2 aromatic rings. The fourth-order valence-corrected chi connectivity index (χ4v) is 3.08. The van der Waals surface area contributed by atoms with Crippen molar-refractivity contribution >= 4 is 28.7 Å². The van der Waals surface area contributed by atoms with Crippen LogP contribution in [0.4, 0.5) is 9.18 Å². The van der Waals surface area contributed by atoms with E-state index in [1.54, 1.807) is 6.07 Å². The monoisotopic (exact) mass is 339 g/mol. The number of aromatic amines is 1. The molecule has 2 unspecified atom stereocenters. The number of rotatable bonds is 7. The molecule has 1 aromatic carbocycles. The van der Waals surface area contributed by atoms with Gasteiger partial charge in [0.1, 0.15) is 5.82 Å². The summed E-state index contributed by atoms with van der Waals surface area (Å²) in [6.45, 7) is 2.33. The summed E-state index contributed by atoms with van der Waals surface area (Å²) in [5, 5.41) is 15.6. The first-order chi connectivity index (χ1) is 11.0. The average Bonchev–Trinajstić information content (AvgIpc) is 2.91. The maximum absolute atomic E-state index is 13.3. The van der Waals surface area contributed by atoms with Crippen molar-refractivity contribution in [2.75, 3.05) is 19.4 Å². The van der Waals surface area contributed by atoms with E-state index in [9.17, 15) is 14.3 Å². The number of nitrogens with one attached hydrogen (secondary N) is 3. The Kier molecular flexibility index (Phi) is 6.29. The van der Waals surface area contributed by atoms with E-state index in [0.29, 0.717) is 13.0 Å². The zero-order valence-electron chi connectivity index (χ0n) is 13.2. The van der Waals surface area contributed by atoms with Crippen molar-refractivity contribution in [1.29, 1.82) is 0 Å². The van der Waals surface area contributed by atoms with Gasteiger partial charge in [-0.1, -0.05) is 0 Å². The highest BCUT2D eigenvalue weighted by molar-refractivity contribution is 7.99. The maximum Gasteiger partial charge on any atom is 0.315 e. The Hall–Kier alpha value is -1.73. The first-order valence-electron chi connectivity index (χ1n) is 7.48. The fraction of sp³-hybridized carbons (Fsp3) is 0.438. The lowest BCUT2D eigenvalue weighted by atomic mass is 10.1. The number of aromatic nitrogens is 1. The van der Waals surface area contributed by atoms with Crippen LogP contribution in [0, 0.1) is 5.82 Å². The Labute approximate surface area is 139 Å². The number of hydrogen-bond donors (Lipinski definition) is 4. The Balaban J connectivity index is 1.84. The molecule has 0 aliphatic rings. The molecule has 2 atom stereocenters. The molecule has 23 heavy (non-hydrogen) atoms. The second-order valence-corrected chi connectivity index (χ2v) is 6.48. The molecule has 1 heterocycles. The van der Waals surface area contributed by atoms with Gasteiger partial charge in [0, 0.05) is 34.9 Å². The number of aliphatic hydroxyl groups is 1. The molecular formula is C16H22FN3O2S. The van der Waals surface area contributed by atoms with E-state index in [1.165, 1.54) is 23.9 Å². The number of fused-ring (bicyclic) bond motifs is 1. The number of aliphatic hydroxyl groups excluding tert-OH is 1. The van der Waals surface area contributed by atoms with Gasteiger partial charge in [-0.25, -0.2) is 9.18 Å². The summed E-state index contributed by atoms with van der Waals surface area (Å²) in [5.74, 6) is -0.273. The maximum atomic E-state index is 13.3. The van der Waals surface area contributed by atoms with E-state index in [0.717, 1.165) is 16.5 Å². The molecule has 0 bridgehead atoms. The van der Waals surface area contributed by atoms with E-state index in [1.807, 2.05) is 19.4 Å². The van der Waals surface area contributed by atoms with Crippen molar-refractivity contribution in [1.82, 2.24) is 15.6 Å². The predicted molar refractivity (Wildman–Crippen MR) is 92.3 cm³/mol. The molecule has 7 heteroatoms. The Morgan fingerprint density at radius 1 is 1.48 bits per heavy atom. The van der Waals surface area contributed by atoms with Crippen LogP contribution >= 0.6 is 11.8 Å². The molecule has 1 aromatic heterocycles. The summed E-state index contributed by atoms with van der Waals surface area (Å²) in [4.78, 5) is 14.9. The SMILES string of the molecule is CSC(CO)C(C)NC(=O)NCCc1c[nH]c2ccc(F)cc12. The highest BCUT2D eigenvalue weighted by atomic mass is 32.2. The normalized spacial score (nSPS) is 13.7. The molecule has 126 valence electrons. The second kappa shape index (κ2) is 8.21. The molecule has 0 saturated heterocycles.